The lowest BCUT2D eigenvalue weighted by Gasteiger charge is -2.26. The molecule has 11 nitrogen and oxygen atoms in total. The number of hydrogen-bond acceptors (Lipinski definition) is 8. The topological polar surface area (TPSA) is 131 Å². The van der Waals surface area contributed by atoms with E-state index in [9.17, 15) is 9.59 Å². The van der Waals surface area contributed by atoms with E-state index in [1.165, 1.54) is 0 Å². The molecule has 34 heavy (non-hydrogen) atoms. The highest BCUT2D eigenvalue weighted by atomic mass is 16.7. The van der Waals surface area contributed by atoms with Crippen LogP contribution in [0, 0.1) is 6.92 Å². The van der Waals surface area contributed by atoms with Gasteiger partial charge in [0.2, 0.25) is 11.8 Å². The van der Waals surface area contributed by atoms with E-state index < -0.39 is 5.60 Å². The number of pyridine rings is 1. The Kier molecular flexibility index (Phi) is 7.03. The van der Waals surface area contributed by atoms with Crippen LogP contribution in [0.15, 0.2) is 12.3 Å². The van der Waals surface area contributed by atoms with Crippen LogP contribution >= 0.6 is 0 Å². The van der Waals surface area contributed by atoms with Gasteiger partial charge in [0.25, 0.3) is 0 Å². The number of nitrogens with zero attached hydrogens (tertiary/aromatic N) is 3. The lowest BCUT2D eigenvalue weighted by Crippen LogP contribution is -2.40. The third-order valence-corrected chi connectivity index (χ3v) is 6.34. The molecule has 0 atom stereocenters. The molecule has 0 radical (unpaired) electrons. The van der Waals surface area contributed by atoms with Gasteiger partial charge in [0, 0.05) is 51.7 Å². The van der Waals surface area contributed by atoms with E-state index in [4.69, 9.17) is 14.6 Å². The SMILES string of the molecule is CCn1nc(C)c2c(NC3CCOCC3)c(C3=CC(CC(=O)NC)(CC(=O)NC)ON3)cnc21. The van der Waals surface area contributed by atoms with Gasteiger partial charge >= 0.3 is 0 Å². The number of fused-ring (bicyclic) bond motifs is 1. The van der Waals surface area contributed by atoms with Gasteiger partial charge in [-0.3, -0.25) is 19.9 Å². The molecule has 0 spiro atoms. The van der Waals surface area contributed by atoms with Gasteiger partial charge in [-0.2, -0.15) is 5.10 Å². The second kappa shape index (κ2) is 9.98. The second-order valence-corrected chi connectivity index (χ2v) is 8.70. The Labute approximate surface area is 198 Å². The number of anilines is 1. The Morgan fingerprint density at radius 1 is 1.21 bits per heavy atom. The first-order valence-corrected chi connectivity index (χ1v) is 11.7. The van der Waals surface area contributed by atoms with E-state index >= 15 is 0 Å². The molecule has 1 fully saturated rings. The second-order valence-electron chi connectivity index (χ2n) is 8.70. The summed E-state index contributed by atoms with van der Waals surface area (Å²) in [5, 5.41) is 14.6. The summed E-state index contributed by atoms with van der Waals surface area (Å²) in [6.07, 6.45) is 5.39. The molecule has 0 aliphatic carbocycles. The van der Waals surface area contributed by atoms with Gasteiger partial charge in [0.05, 0.1) is 35.3 Å². The number of aryl methyl sites for hydroxylation is 2. The quantitative estimate of drug-likeness (QED) is 0.452. The van der Waals surface area contributed by atoms with Crippen LogP contribution in [-0.2, 0) is 25.7 Å². The summed E-state index contributed by atoms with van der Waals surface area (Å²) in [6, 6.07) is 0.242. The predicted octanol–water partition coefficient (Wildman–Crippen LogP) is 1.24. The zero-order valence-electron chi connectivity index (χ0n) is 20.2. The van der Waals surface area contributed by atoms with Crippen molar-refractivity contribution in [2.24, 2.45) is 0 Å². The number of carbonyl (C=O) groups is 2. The fraction of sp³-hybridized carbons (Fsp3) is 0.565. The standard InChI is InChI=1S/C23H33N7O4/c1-5-30-22-20(14(2)28-30)21(27-15-6-8-33-9-7-15)16(13-26-22)17-10-23(34-29-17,11-18(31)24-3)12-19(32)25-4/h10,13,15,29H,5-9,11-12H2,1-4H3,(H,24,31)(H,25,32)(H,26,27). The highest BCUT2D eigenvalue weighted by Gasteiger charge is 2.40. The fourth-order valence-corrected chi connectivity index (χ4v) is 4.51. The van der Waals surface area contributed by atoms with Crippen molar-refractivity contribution >= 4 is 34.2 Å². The van der Waals surface area contributed by atoms with Crippen LogP contribution in [-0.4, -0.2) is 65.5 Å². The van der Waals surface area contributed by atoms with Crippen LogP contribution < -0.4 is 21.4 Å². The smallest absolute Gasteiger partial charge is 0.223 e. The molecule has 4 rings (SSSR count). The monoisotopic (exact) mass is 471 g/mol. The van der Waals surface area contributed by atoms with E-state index in [1.54, 1.807) is 20.3 Å². The van der Waals surface area contributed by atoms with Crippen LogP contribution in [0.5, 0.6) is 0 Å². The normalized spacial score (nSPS) is 17.8. The average molecular weight is 472 g/mol. The van der Waals surface area contributed by atoms with Gasteiger partial charge < -0.3 is 20.7 Å². The van der Waals surface area contributed by atoms with Crippen molar-refractivity contribution in [3.8, 4) is 0 Å². The average Bonchev–Trinajstić information content (AvgIpc) is 3.40. The highest BCUT2D eigenvalue weighted by Crippen LogP contribution is 2.38. The minimum Gasteiger partial charge on any atom is -0.381 e. The summed E-state index contributed by atoms with van der Waals surface area (Å²) in [5.41, 5.74) is 5.90. The molecule has 11 heteroatoms. The van der Waals surface area contributed by atoms with E-state index in [2.05, 4.69) is 26.5 Å². The number of hydrogen-bond donors (Lipinski definition) is 4. The lowest BCUT2D eigenvalue weighted by atomic mass is 9.92. The van der Waals surface area contributed by atoms with Crippen molar-refractivity contribution in [3.05, 3.63) is 23.5 Å². The Morgan fingerprint density at radius 2 is 1.88 bits per heavy atom. The summed E-state index contributed by atoms with van der Waals surface area (Å²) in [5.74, 6) is -0.449. The Hall–Kier alpha value is -3.18. The number of hydroxylamine groups is 1. The predicted molar refractivity (Wildman–Crippen MR) is 128 cm³/mol. The van der Waals surface area contributed by atoms with Crippen LogP contribution in [0.25, 0.3) is 16.7 Å². The van der Waals surface area contributed by atoms with E-state index in [0.29, 0.717) is 25.5 Å². The van der Waals surface area contributed by atoms with Crippen molar-refractivity contribution in [2.45, 2.75) is 57.7 Å². The van der Waals surface area contributed by atoms with E-state index in [-0.39, 0.29) is 30.7 Å². The maximum Gasteiger partial charge on any atom is 0.223 e. The Balaban J connectivity index is 1.80. The molecule has 0 saturated carbocycles. The van der Waals surface area contributed by atoms with Crippen molar-refractivity contribution < 1.29 is 19.2 Å². The zero-order chi connectivity index (χ0) is 24.3. The van der Waals surface area contributed by atoms with E-state index in [0.717, 1.165) is 40.8 Å². The molecule has 1 saturated heterocycles. The van der Waals surface area contributed by atoms with Crippen molar-refractivity contribution in [1.29, 1.82) is 0 Å². The number of amides is 2. The lowest BCUT2D eigenvalue weighted by molar-refractivity contribution is -0.133. The maximum absolute atomic E-state index is 12.2. The maximum atomic E-state index is 12.2. The molecule has 2 aliphatic rings. The summed E-state index contributed by atoms with van der Waals surface area (Å²) in [4.78, 5) is 35.1. The first-order valence-electron chi connectivity index (χ1n) is 11.7. The van der Waals surface area contributed by atoms with Gasteiger partial charge in [-0.25, -0.2) is 9.67 Å². The summed E-state index contributed by atoms with van der Waals surface area (Å²) in [7, 11) is 3.12. The van der Waals surface area contributed by atoms with Crippen LogP contribution in [0.3, 0.4) is 0 Å². The highest BCUT2D eigenvalue weighted by molar-refractivity contribution is 5.98. The van der Waals surface area contributed by atoms with Gasteiger partial charge in [-0.1, -0.05) is 0 Å². The molecular formula is C23H33N7O4. The molecule has 184 valence electrons. The Bertz CT molecular complexity index is 1090. The van der Waals surface area contributed by atoms with E-state index in [1.807, 2.05) is 24.6 Å². The van der Waals surface area contributed by atoms with Crippen LogP contribution in [0.4, 0.5) is 5.69 Å². The molecule has 2 amide bonds. The molecule has 2 aromatic rings. The summed E-state index contributed by atoms with van der Waals surface area (Å²) >= 11 is 0. The molecule has 0 bridgehead atoms. The number of rotatable bonds is 8. The van der Waals surface area contributed by atoms with Crippen LogP contribution in [0.2, 0.25) is 0 Å². The summed E-state index contributed by atoms with van der Waals surface area (Å²) < 4.78 is 7.42. The van der Waals surface area contributed by atoms with Crippen molar-refractivity contribution in [2.75, 3.05) is 32.6 Å². The van der Waals surface area contributed by atoms with Gasteiger partial charge in [-0.15, -0.1) is 0 Å². The van der Waals surface area contributed by atoms with Crippen LogP contribution in [0.1, 0.15) is 43.9 Å². The number of carbonyl (C=O) groups excluding carboxylic acids is 2. The van der Waals surface area contributed by atoms with Gasteiger partial charge in [0.1, 0.15) is 5.60 Å². The minimum atomic E-state index is -1.12. The molecule has 2 aliphatic heterocycles. The number of ether oxygens (including phenoxy) is 1. The molecule has 4 N–H and O–H groups in total. The zero-order valence-corrected chi connectivity index (χ0v) is 20.2. The van der Waals surface area contributed by atoms with Crippen molar-refractivity contribution in [1.82, 2.24) is 30.9 Å². The van der Waals surface area contributed by atoms with Gasteiger partial charge in [0.15, 0.2) is 5.65 Å². The molecule has 0 aromatic carbocycles. The molecule has 0 unspecified atom stereocenters. The molecule has 2 aromatic heterocycles. The minimum absolute atomic E-state index is 0.00138. The van der Waals surface area contributed by atoms with Gasteiger partial charge in [-0.05, 0) is 32.8 Å². The first kappa shape index (κ1) is 24.0. The summed E-state index contributed by atoms with van der Waals surface area (Å²) in [6.45, 7) is 6.13. The number of nitrogens with one attached hydrogen (secondary N) is 4. The first-order chi connectivity index (χ1) is 16.4. The molecular weight excluding hydrogens is 438 g/mol. The third-order valence-electron chi connectivity index (χ3n) is 6.34. The third kappa shape index (κ3) is 4.71. The van der Waals surface area contributed by atoms with Crippen molar-refractivity contribution in [3.63, 3.8) is 0 Å². The largest absolute Gasteiger partial charge is 0.381 e. The molecule has 4 heterocycles. The Morgan fingerprint density at radius 3 is 2.50 bits per heavy atom. The number of aromatic nitrogens is 3. The fourth-order valence-electron chi connectivity index (χ4n) is 4.51.